The zero-order valence-corrected chi connectivity index (χ0v) is 66.7. The summed E-state index contributed by atoms with van der Waals surface area (Å²) in [6, 6.07) is 25.5. The van der Waals surface area contributed by atoms with Crippen LogP contribution in [0.5, 0.6) is 0 Å². The van der Waals surface area contributed by atoms with Crippen LogP contribution in [0.15, 0.2) is 72.8 Å². The molecule has 18 nitrogen and oxygen atoms in total. The number of benzene rings is 4. The number of nitriles is 4. The maximum atomic E-state index is 14.2. The van der Waals surface area contributed by atoms with Gasteiger partial charge in [0.2, 0.25) is 0 Å². The molecule has 0 radical (unpaired) electrons. The molecule has 11 heterocycles. The first-order chi connectivity index (χ1) is 54.6. The second kappa shape index (κ2) is 37.0. The van der Waals surface area contributed by atoms with E-state index in [2.05, 4.69) is 94.7 Å². The molecule has 0 bridgehead atoms. The Hall–Kier alpha value is -9.72. The van der Waals surface area contributed by atoms with E-state index < -0.39 is 40.6 Å². The fourth-order valence-corrected chi connectivity index (χ4v) is 17.6. The minimum Gasteiger partial charge on any atom is -0.381 e. The lowest BCUT2D eigenvalue weighted by Crippen LogP contribution is -2.48. The van der Waals surface area contributed by atoms with Crippen LogP contribution in [0, 0.1) is 146 Å². The molecule has 1 aliphatic carbocycles. The molecule has 7 saturated heterocycles. The van der Waals surface area contributed by atoms with Gasteiger partial charge in [-0.3, -0.25) is 0 Å². The largest absolute Gasteiger partial charge is 0.381 e. The number of piperidine rings is 4. The van der Waals surface area contributed by atoms with Gasteiger partial charge in [0.1, 0.15) is 84.9 Å². The van der Waals surface area contributed by atoms with E-state index >= 15 is 0 Å². The van der Waals surface area contributed by atoms with Crippen molar-refractivity contribution in [1.29, 1.82) is 21.0 Å². The van der Waals surface area contributed by atoms with Crippen LogP contribution in [-0.4, -0.2) is 144 Å². The summed E-state index contributed by atoms with van der Waals surface area (Å²) in [6.07, 6.45) is 12.4. The third kappa shape index (κ3) is 20.6. The molecule has 582 valence electrons. The Balaban J connectivity index is 0.000000132. The SMILES string of the molecule is CC1CCN(c2nc(-c3ccc(C#N)c(F)c3)c(C#CC(O)C3CCOC3)s2)CC1.CC1CCN(c2nc(-c3ccc(C#N)c(F)c3)c(C#CC3(O)CC3)s2)CC1.CC1CCN(c2nc(-c3ccc(C#N)c(F)c3)c(C#CC3(O)COC3)s2)CC1.CC1CCN(c2nc(-c3ccc(C#N)c(F)c3)c(C#CC3CCCO3)s2)CC1. The number of hydrogen-bond acceptors (Lipinski definition) is 22. The first-order valence-corrected chi connectivity index (χ1v) is 41.7. The minimum atomic E-state index is -1.13. The van der Waals surface area contributed by atoms with Gasteiger partial charge in [-0.1, -0.05) is 145 Å². The highest BCUT2D eigenvalue weighted by Gasteiger charge is 2.39. The second-order valence-corrected chi connectivity index (χ2v) is 34.2. The molecule has 0 spiro atoms. The minimum absolute atomic E-state index is 0.00205. The second-order valence-electron chi connectivity index (χ2n) is 30.3. The van der Waals surface area contributed by atoms with Crippen LogP contribution in [0.25, 0.3) is 45.0 Å². The fourth-order valence-electron chi connectivity index (χ4n) is 13.6. The van der Waals surface area contributed by atoms with Crippen molar-refractivity contribution in [2.45, 2.75) is 135 Å². The first-order valence-electron chi connectivity index (χ1n) is 38.5. The predicted molar refractivity (Wildman–Crippen MR) is 433 cm³/mol. The van der Waals surface area contributed by atoms with E-state index in [0.717, 1.165) is 172 Å². The van der Waals surface area contributed by atoms with Crippen molar-refractivity contribution in [3.05, 3.63) is 138 Å². The maximum absolute atomic E-state index is 14.2. The summed E-state index contributed by atoms with van der Waals surface area (Å²) in [4.78, 5) is 31.1. The van der Waals surface area contributed by atoms with Gasteiger partial charge in [0.15, 0.2) is 26.1 Å². The van der Waals surface area contributed by atoms with E-state index in [1.807, 2.05) is 24.3 Å². The molecule has 8 aromatic rings. The first kappa shape index (κ1) is 81.3. The van der Waals surface area contributed by atoms with Gasteiger partial charge in [-0.05, 0) is 156 Å². The molecule has 3 N–H and O–H groups in total. The number of hydrogen-bond donors (Lipinski definition) is 3. The van der Waals surface area contributed by atoms with E-state index in [0.29, 0.717) is 92.7 Å². The summed E-state index contributed by atoms with van der Waals surface area (Å²) in [5, 5.41) is 70.1. The Labute approximate surface area is 673 Å². The van der Waals surface area contributed by atoms with E-state index in [1.54, 1.807) is 35.6 Å². The number of aliphatic hydroxyl groups is 3. The maximum Gasteiger partial charge on any atom is 0.187 e. The summed E-state index contributed by atoms with van der Waals surface area (Å²) in [5.74, 6) is 25.0. The van der Waals surface area contributed by atoms with Gasteiger partial charge < -0.3 is 49.1 Å². The number of aliphatic hydroxyl groups excluding tert-OH is 1. The highest BCUT2D eigenvalue weighted by molar-refractivity contribution is 7.17. The lowest BCUT2D eigenvalue weighted by molar-refractivity contribution is -0.140. The van der Waals surface area contributed by atoms with Crippen molar-refractivity contribution in [1.82, 2.24) is 19.9 Å². The van der Waals surface area contributed by atoms with Crippen LogP contribution >= 0.6 is 45.3 Å². The molecule has 7 aliphatic heterocycles. The average molecular weight is 1600 g/mol. The Kier molecular flexibility index (Phi) is 26.7. The smallest absolute Gasteiger partial charge is 0.187 e. The van der Waals surface area contributed by atoms with E-state index in [-0.39, 0.29) is 47.5 Å². The summed E-state index contributed by atoms with van der Waals surface area (Å²) in [6.45, 7) is 19.0. The molecule has 1 saturated carbocycles. The van der Waals surface area contributed by atoms with Gasteiger partial charge in [-0.25, -0.2) is 37.5 Å². The Morgan fingerprint density at radius 1 is 0.442 bits per heavy atom. The van der Waals surface area contributed by atoms with Crippen LogP contribution < -0.4 is 19.6 Å². The molecule has 3 unspecified atom stereocenters. The van der Waals surface area contributed by atoms with Crippen molar-refractivity contribution in [2.24, 2.45) is 29.6 Å². The number of anilines is 4. The van der Waals surface area contributed by atoms with E-state index in [1.165, 1.54) is 82.5 Å². The standard InChI is InChI=1S/C23H24FN3O2S.C22H22FN3OS.C21H20FN3O2S.C21H20FN3OS/c1-15-6-9-27(10-7-15)23-26-22(16-2-3-17(13-25)19(24)12-16)21(30-23)5-4-20(28)18-8-11-29-14-18;1-15-8-10-26(11-9-15)22-25-21(16-4-5-17(14-24)19(23)13-16)20(28-22)7-6-18-3-2-12-27-18;1-14-5-8-25(9-6-14)20-24-19(15-2-3-16(11-23)17(22)10-15)18(28-20)4-7-21(26)12-27-13-21;1-14-5-10-25(11-6-14)20-24-19(15-2-3-16(13-23)17(22)12-15)18(27-20)4-7-21(26)8-9-21/h2-3,12,15,18,20,28H,6-11,14H2,1H3;4-5,13,15,18H,2-3,8-12H2,1H3;2-3,10,14,26H,5-6,8-9,12-13H2,1H3;2-3,12,14,26H,5-6,8-11H2,1H3. The number of halogens is 4. The fraction of sp³-hybridized carbons (Fsp3) is 0.448. The Morgan fingerprint density at radius 3 is 1.06 bits per heavy atom. The van der Waals surface area contributed by atoms with Crippen molar-refractivity contribution < 1.29 is 47.1 Å². The molecule has 8 fully saturated rings. The van der Waals surface area contributed by atoms with Gasteiger partial charge in [-0.15, -0.1) is 0 Å². The van der Waals surface area contributed by atoms with Crippen LogP contribution in [0.3, 0.4) is 0 Å². The number of nitrogens with zero attached hydrogens (tertiary/aromatic N) is 12. The zero-order valence-electron chi connectivity index (χ0n) is 63.4. The molecule has 8 aliphatic rings. The van der Waals surface area contributed by atoms with Crippen LogP contribution in [-0.2, 0) is 14.2 Å². The van der Waals surface area contributed by atoms with E-state index in [9.17, 15) is 32.9 Å². The average Bonchev–Trinajstić information content (AvgIpc) is 1.67. The van der Waals surface area contributed by atoms with Crippen molar-refractivity contribution >= 4 is 65.9 Å². The molecule has 4 aromatic carbocycles. The molecule has 26 heteroatoms. The number of rotatable bonds is 9. The lowest BCUT2D eigenvalue weighted by atomic mass is 10.00. The van der Waals surface area contributed by atoms with Gasteiger partial charge in [0, 0.05) is 93.7 Å². The Morgan fingerprint density at radius 2 is 0.779 bits per heavy atom. The molecule has 16 rings (SSSR count). The van der Waals surface area contributed by atoms with Gasteiger partial charge in [0.05, 0.1) is 64.9 Å². The molecule has 3 atom stereocenters. The van der Waals surface area contributed by atoms with Crippen LogP contribution in [0.1, 0.15) is 153 Å². The summed E-state index contributed by atoms with van der Waals surface area (Å²) >= 11 is 5.98. The molecular formula is C87H86F4N12O6S4. The highest BCUT2D eigenvalue weighted by Crippen LogP contribution is 2.42. The quantitative estimate of drug-likeness (QED) is 0.0897. The van der Waals surface area contributed by atoms with Crippen molar-refractivity contribution in [2.75, 3.05) is 105 Å². The van der Waals surface area contributed by atoms with Gasteiger partial charge >= 0.3 is 0 Å². The van der Waals surface area contributed by atoms with Gasteiger partial charge in [-0.2, -0.15) is 21.0 Å². The van der Waals surface area contributed by atoms with Crippen LogP contribution in [0.2, 0.25) is 0 Å². The summed E-state index contributed by atoms with van der Waals surface area (Å²) in [5.41, 5.74) is 2.95. The normalized spacial score (nSPS) is 19.4. The number of ether oxygens (including phenoxy) is 3. The van der Waals surface area contributed by atoms with Crippen molar-refractivity contribution in [3.8, 4) is 117 Å². The van der Waals surface area contributed by atoms with Crippen LogP contribution in [0.4, 0.5) is 38.1 Å². The summed E-state index contributed by atoms with van der Waals surface area (Å²) in [7, 11) is 0. The third-order valence-corrected chi connectivity index (χ3v) is 25.5. The predicted octanol–water partition coefficient (Wildman–Crippen LogP) is 15.5. The molecular weight excluding hydrogens is 1510 g/mol. The van der Waals surface area contributed by atoms with Crippen molar-refractivity contribution in [3.63, 3.8) is 0 Å². The topological polar surface area (TPSA) is 248 Å². The Bertz CT molecular complexity index is 5210. The molecule has 4 aromatic heterocycles. The number of aromatic nitrogens is 4. The number of thiazole rings is 4. The summed E-state index contributed by atoms with van der Waals surface area (Å²) < 4.78 is 72.7. The molecule has 113 heavy (non-hydrogen) atoms. The third-order valence-electron chi connectivity index (χ3n) is 21.4. The lowest BCUT2D eigenvalue weighted by Gasteiger charge is -2.30. The van der Waals surface area contributed by atoms with E-state index in [4.69, 9.17) is 55.2 Å². The molecule has 0 amide bonds. The highest BCUT2D eigenvalue weighted by atomic mass is 32.1. The van der Waals surface area contributed by atoms with Gasteiger partial charge in [0.25, 0.3) is 0 Å². The zero-order chi connectivity index (χ0) is 79.3. The monoisotopic (exact) mass is 1600 g/mol.